The Morgan fingerprint density at radius 2 is 2.41 bits per heavy atom. The summed E-state index contributed by atoms with van der Waals surface area (Å²) in [6.45, 7) is 4.21. The fraction of sp³-hybridized carbons (Fsp3) is 0.500. The van der Waals surface area contributed by atoms with Crippen molar-refractivity contribution >= 4 is 23.5 Å². The van der Waals surface area contributed by atoms with E-state index in [1.54, 1.807) is 37.0 Å². The van der Waals surface area contributed by atoms with E-state index in [4.69, 9.17) is 4.74 Å². The van der Waals surface area contributed by atoms with Gasteiger partial charge in [0.1, 0.15) is 11.4 Å². The van der Waals surface area contributed by atoms with Crippen LogP contribution in [0.15, 0.2) is 18.3 Å². The molecule has 0 bridgehead atoms. The number of pyridine rings is 1. The van der Waals surface area contributed by atoms with Crippen molar-refractivity contribution in [1.82, 2.24) is 4.98 Å². The van der Waals surface area contributed by atoms with Gasteiger partial charge in [-0.1, -0.05) is 0 Å². The van der Waals surface area contributed by atoms with Gasteiger partial charge in [-0.3, -0.25) is 0 Å². The van der Waals surface area contributed by atoms with Crippen molar-refractivity contribution in [2.45, 2.75) is 19.9 Å². The second kappa shape index (κ2) is 7.17. The Bertz CT molecular complexity index is 371. The molecule has 1 heterocycles. The largest absolute Gasteiger partial charge is 0.462 e. The van der Waals surface area contributed by atoms with E-state index in [1.165, 1.54) is 0 Å². The number of thioether (sulfide) groups is 1. The minimum Gasteiger partial charge on any atom is -0.462 e. The molecule has 0 fully saturated rings. The third-order valence-corrected chi connectivity index (χ3v) is 2.94. The van der Waals surface area contributed by atoms with E-state index in [9.17, 15) is 4.79 Å². The number of carbonyl (C=O) groups excluding carboxylic acids is 1. The van der Waals surface area contributed by atoms with Crippen molar-refractivity contribution < 1.29 is 9.53 Å². The number of ether oxygens (including phenoxy) is 1. The van der Waals surface area contributed by atoms with Gasteiger partial charge in [-0.05, 0) is 32.2 Å². The molecule has 17 heavy (non-hydrogen) atoms. The number of hydrogen-bond acceptors (Lipinski definition) is 5. The lowest BCUT2D eigenvalue weighted by Crippen LogP contribution is -2.21. The monoisotopic (exact) mass is 254 g/mol. The number of nitrogens with zero attached hydrogens (tertiary/aromatic N) is 1. The summed E-state index contributed by atoms with van der Waals surface area (Å²) in [6.07, 6.45) is 3.71. The Morgan fingerprint density at radius 1 is 1.65 bits per heavy atom. The van der Waals surface area contributed by atoms with Crippen molar-refractivity contribution in [3.63, 3.8) is 0 Å². The van der Waals surface area contributed by atoms with E-state index in [-0.39, 0.29) is 12.0 Å². The summed E-state index contributed by atoms with van der Waals surface area (Å²) in [4.78, 5) is 15.9. The second-order valence-electron chi connectivity index (χ2n) is 3.62. The summed E-state index contributed by atoms with van der Waals surface area (Å²) in [6, 6.07) is 3.71. The molecule has 1 N–H and O–H groups in total. The van der Waals surface area contributed by atoms with Crippen molar-refractivity contribution in [1.29, 1.82) is 0 Å². The van der Waals surface area contributed by atoms with Crippen LogP contribution in [0, 0.1) is 0 Å². The van der Waals surface area contributed by atoms with Crippen LogP contribution in [0.2, 0.25) is 0 Å². The first kappa shape index (κ1) is 13.8. The van der Waals surface area contributed by atoms with Gasteiger partial charge in [-0.2, -0.15) is 11.8 Å². The highest BCUT2D eigenvalue weighted by Crippen LogP contribution is 2.14. The van der Waals surface area contributed by atoms with E-state index in [0.717, 1.165) is 5.75 Å². The minimum atomic E-state index is -0.334. The third-order valence-electron chi connectivity index (χ3n) is 2.10. The van der Waals surface area contributed by atoms with Crippen LogP contribution in [0.1, 0.15) is 24.2 Å². The molecule has 1 rings (SSSR count). The highest BCUT2D eigenvalue weighted by atomic mass is 32.2. The first-order valence-electron chi connectivity index (χ1n) is 5.56. The Hall–Kier alpha value is -1.23. The molecule has 5 heteroatoms. The van der Waals surface area contributed by atoms with Crippen LogP contribution in [0.25, 0.3) is 0 Å². The van der Waals surface area contributed by atoms with Crippen molar-refractivity contribution in [2.75, 3.05) is 23.9 Å². The molecule has 0 saturated carbocycles. The zero-order valence-electron chi connectivity index (χ0n) is 10.4. The molecule has 0 saturated heterocycles. The van der Waals surface area contributed by atoms with E-state index >= 15 is 0 Å². The number of nitrogens with one attached hydrogen (secondary N) is 1. The van der Waals surface area contributed by atoms with Gasteiger partial charge in [-0.25, -0.2) is 9.78 Å². The zero-order valence-corrected chi connectivity index (χ0v) is 11.2. The number of esters is 1. The molecule has 1 atom stereocenters. The molecule has 0 aliphatic rings. The Labute approximate surface area is 106 Å². The van der Waals surface area contributed by atoms with Gasteiger partial charge in [0.15, 0.2) is 0 Å². The maximum Gasteiger partial charge on any atom is 0.341 e. The molecule has 94 valence electrons. The number of carbonyl (C=O) groups is 1. The lowest BCUT2D eigenvalue weighted by molar-refractivity contribution is 0.0527. The fourth-order valence-electron chi connectivity index (χ4n) is 1.42. The van der Waals surface area contributed by atoms with Crippen LogP contribution in [0.3, 0.4) is 0 Å². The molecule has 0 amide bonds. The lowest BCUT2D eigenvalue weighted by atomic mass is 10.2. The summed E-state index contributed by atoms with van der Waals surface area (Å²) in [5.41, 5.74) is 0.488. The Balaban J connectivity index is 2.80. The molecule has 0 radical (unpaired) electrons. The zero-order chi connectivity index (χ0) is 12.7. The van der Waals surface area contributed by atoms with Crippen molar-refractivity contribution in [2.24, 2.45) is 0 Å². The predicted octanol–water partition coefficient (Wildman–Crippen LogP) is 2.42. The van der Waals surface area contributed by atoms with E-state index in [0.29, 0.717) is 18.0 Å². The van der Waals surface area contributed by atoms with Gasteiger partial charge >= 0.3 is 5.97 Å². The van der Waals surface area contributed by atoms with Crippen LogP contribution in [0.5, 0.6) is 0 Å². The van der Waals surface area contributed by atoms with Gasteiger partial charge < -0.3 is 10.1 Å². The first-order valence-corrected chi connectivity index (χ1v) is 6.96. The molecule has 1 aromatic heterocycles. The van der Waals surface area contributed by atoms with Gasteiger partial charge in [-0.15, -0.1) is 0 Å². The molecule has 1 aromatic rings. The van der Waals surface area contributed by atoms with Gasteiger partial charge in [0.2, 0.25) is 0 Å². The Morgan fingerprint density at radius 3 is 3.06 bits per heavy atom. The molecule has 1 unspecified atom stereocenters. The van der Waals surface area contributed by atoms with Crippen LogP contribution < -0.4 is 5.32 Å². The lowest BCUT2D eigenvalue weighted by Gasteiger charge is -2.15. The van der Waals surface area contributed by atoms with Crippen molar-refractivity contribution in [3.8, 4) is 0 Å². The number of hydrogen-bond donors (Lipinski definition) is 1. The predicted molar refractivity (Wildman–Crippen MR) is 71.7 cm³/mol. The van der Waals surface area contributed by atoms with E-state index < -0.39 is 0 Å². The summed E-state index contributed by atoms with van der Waals surface area (Å²) in [7, 11) is 0. The maximum absolute atomic E-state index is 11.7. The molecular weight excluding hydrogens is 236 g/mol. The standard InChI is InChI=1S/C12H18N2O2S/c1-4-16-12(15)10-6-5-7-13-11(10)14-9(2)8-17-3/h5-7,9H,4,8H2,1-3H3,(H,13,14). The van der Waals surface area contributed by atoms with Gasteiger partial charge in [0, 0.05) is 18.0 Å². The average Bonchev–Trinajstić information content (AvgIpc) is 2.30. The first-order chi connectivity index (χ1) is 8.19. The SMILES string of the molecule is CCOC(=O)c1cccnc1NC(C)CSC. The summed E-state index contributed by atoms with van der Waals surface area (Å²) >= 11 is 1.75. The molecular formula is C12H18N2O2S. The minimum absolute atomic E-state index is 0.257. The summed E-state index contributed by atoms with van der Waals surface area (Å²) in [5.74, 6) is 1.21. The number of anilines is 1. The molecule has 0 aliphatic heterocycles. The highest BCUT2D eigenvalue weighted by Gasteiger charge is 2.14. The summed E-state index contributed by atoms with van der Waals surface area (Å²) < 4.78 is 4.99. The molecule has 0 aliphatic carbocycles. The third kappa shape index (κ3) is 4.26. The van der Waals surface area contributed by atoms with E-state index in [2.05, 4.69) is 17.2 Å². The van der Waals surface area contributed by atoms with Crippen LogP contribution in [0.4, 0.5) is 5.82 Å². The maximum atomic E-state index is 11.7. The van der Waals surface area contributed by atoms with Crippen LogP contribution in [-0.4, -0.2) is 35.6 Å². The fourth-order valence-corrected chi connectivity index (χ4v) is 2.00. The van der Waals surface area contributed by atoms with E-state index in [1.807, 2.05) is 6.26 Å². The van der Waals surface area contributed by atoms with Crippen LogP contribution >= 0.6 is 11.8 Å². The van der Waals surface area contributed by atoms with Crippen LogP contribution in [-0.2, 0) is 4.74 Å². The topological polar surface area (TPSA) is 51.2 Å². The Kier molecular flexibility index (Phi) is 5.83. The number of rotatable bonds is 6. The highest BCUT2D eigenvalue weighted by molar-refractivity contribution is 7.98. The second-order valence-corrected chi connectivity index (χ2v) is 4.53. The van der Waals surface area contributed by atoms with Gasteiger partial charge in [0.25, 0.3) is 0 Å². The number of aromatic nitrogens is 1. The smallest absolute Gasteiger partial charge is 0.341 e. The van der Waals surface area contributed by atoms with Gasteiger partial charge in [0.05, 0.1) is 6.61 Å². The summed E-state index contributed by atoms with van der Waals surface area (Å²) in [5, 5.41) is 3.22. The molecule has 0 aromatic carbocycles. The normalized spacial score (nSPS) is 11.9. The molecule has 0 spiro atoms. The average molecular weight is 254 g/mol. The quantitative estimate of drug-likeness (QED) is 0.790. The molecule has 4 nitrogen and oxygen atoms in total. The van der Waals surface area contributed by atoms with Crippen molar-refractivity contribution in [3.05, 3.63) is 23.9 Å².